The molecular formula is C21H21FN4O. The van der Waals surface area contributed by atoms with Crippen LogP contribution in [-0.4, -0.2) is 28.0 Å². The van der Waals surface area contributed by atoms with Gasteiger partial charge in [0, 0.05) is 18.2 Å². The number of amides is 1. The summed E-state index contributed by atoms with van der Waals surface area (Å²) in [5, 5.41) is 6.44. The highest BCUT2D eigenvalue weighted by Gasteiger charge is 2.42. The first-order valence-electron chi connectivity index (χ1n) is 9.45. The number of halogens is 1. The predicted molar refractivity (Wildman–Crippen MR) is 102 cm³/mol. The van der Waals surface area contributed by atoms with Crippen LogP contribution in [0.25, 0.3) is 11.0 Å². The summed E-state index contributed by atoms with van der Waals surface area (Å²) in [4.78, 5) is 20.4. The molecule has 1 saturated heterocycles. The van der Waals surface area contributed by atoms with E-state index in [0.29, 0.717) is 29.8 Å². The third-order valence-electron chi connectivity index (χ3n) is 5.76. The van der Waals surface area contributed by atoms with Gasteiger partial charge < -0.3 is 15.6 Å². The van der Waals surface area contributed by atoms with Gasteiger partial charge in [-0.1, -0.05) is 18.2 Å². The van der Waals surface area contributed by atoms with Gasteiger partial charge in [0.2, 0.25) is 5.91 Å². The van der Waals surface area contributed by atoms with Crippen molar-refractivity contribution in [3.63, 3.8) is 0 Å². The van der Waals surface area contributed by atoms with E-state index in [1.807, 2.05) is 24.3 Å². The second-order valence-electron chi connectivity index (χ2n) is 7.59. The lowest BCUT2D eigenvalue weighted by Gasteiger charge is -2.22. The van der Waals surface area contributed by atoms with Crippen LogP contribution in [0, 0.1) is 11.7 Å². The topological polar surface area (TPSA) is 69.8 Å². The Balaban J connectivity index is 1.33. The Kier molecular flexibility index (Phi) is 3.93. The SMILES string of the molecule is O=C(Nc1ccc2nc(Cc3ccccc3F)[nH]c2c1)[C@@H]1N[C@@H]2CC[C@H]1C2. The molecule has 1 aromatic heterocycles. The molecule has 27 heavy (non-hydrogen) atoms. The van der Waals surface area contributed by atoms with Crippen LogP contribution in [-0.2, 0) is 11.2 Å². The summed E-state index contributed by atoms with van der Waals surface area (Å²) in [6, 6.07) is 12.8. The molecule has 1 aliphatic heterocycles. The summed E-state index contributed by atoms with van der Waals surface area (Å²) >= 11 is 0. The summed E-state index contributed by atoms with van der Waals surface area (Å²) in [7, 11) is 0. The van der Waals surface area contributed by atoms with Gasteiger partial charge in [0.1, 0.15) is 11.6 Å². The van der Waals surface area contributed by atoms with E-state index in [2.05, 4.69) is 20.6 Å². The normalized spacial score (nSPS) is 23.8. The van der Waals surface area contributed by atoms with Crippen LogP contribution in [0.3, 0.4) is 0 Å². The Morgan fingerprint density at radius 3 is 2.89 bits per heavy atom. The summed E-state index contributed by atoms with van der Waals surface area (Å²) in [6.45, 7) is 0. The van der Waals surface area contributed by atoms with Gasteiger partial charge in [-0.25, -0.2) is 9.37 Å². The first-order valence-corrected chi connectivity index (χ1v) is 9.45. The molecule has 5 rings (SSSR count). The largest absolute Gasteiger partial charge is 0.342 e. The van der Waals surface area contributed by atoms with E-state index < -0.39 is 0 Å². The Hall–Kier alpha value is -2.73. The van der Waals surface area contributed by atoms with Gasteiger partial charge in [-0.15, -0.1) is 0 Å². The summed E-state index contributed by atoms with van der Waals surface area (Å²) in [6.07, 6.45) is 3.82. The first-order chi connectivity index (χ1) is 13.2. The number of hydrogen-bond acceptors (Lipinski definition) is 3. The standard InChI is InChI=1S/C21H21FN4O/c22-16-4-2-1-3-12(16)10-19-25-17-8-7-15(11-18(17)26-19)24-21(27)20-13-5-6-14(9-13)23-20/h1-4,7-8,11,13-14,20,23H,5-6,9-10H2,(H,24,27)(H,25,26)/t13-,14+,20+/m0/s1. The molecule has 1 saturated carbocycles. The maximum Gasteiger partial charge on any atom is 0.241 e. The van der Waals surface area contributed by atoms with Crippen LogP contribution in [0.1, 0.15) is 30.7 Å². The third-order valence-corrected chi connectivity index (χ3v) is 5.76. The fourth-order valence-corrected chi connectivity index (χ4v) is 4.42. The van der Waals surface area contributed by atoms with E-state index in [9.17, 15) is 9.18 Å². The van der Waals surface area contributed by atoms with Crippen molar-refractivity contribution in [2.75, 3.05) is 5.32 Å². The number of carbonyl (C=O) groups is 1. The van der Waals surface area contributed by atoms with Gasteiger partial charge in [-0.3, -0.25) is 4.79 Å². The van der Waals surface area contributed by atoms with Crippen LogP contribution in [0.5, 0.6) is 0 Å². The molecule has 3 atom stereocenters. The van der Waals surface area contributed by atoms with E-state index in [4.69, 9.17) is 0 Å². The van der Waals surface area contributed by atoms with Gasteiger partial charge in [0.15, 0.2) is 0 Å². The van der Waals surface area contributed by atoms with E-state index in [0.717, 1.165) is 29.6 Å². The lowest BCUT2D eigenvalue weighted by molar-refractivity contribution is -0.119. The van der Waals surface area contributed by atoms with Gasteiger partial charge in [0.25, 0.3) is 0 Å². The van der Waals surface area contributed by atoms with E-state index in [1.165, 1.54) is 12.5 Å². The Morgan fingerprint density at radius 1 is 1.22 bits per heavy atom. The van der Waals surface area contributed by atoms with Crippen LogP contribution >= 0.6 is 0 Å². The Labute approximate surface area is 156 Å². The lowest BCUT2D eigenvalue weighted by atomic mass is 9.99. The van der Waals surface area contributed by atoms with Crippen molar-refractivity contribution < 1.29 is 9.18 Å². The zero-order valence-corrected chi connectivity index (χ0v) is 14.8. The Morgan fingerprint density at radius 2 is 2.11 bits per heavy atom. The van der Waals surface area contributed by atoms with Gasteiger partial charge in [0.05, 0.1) is 17.1 Å². The third kappa shape index (κ3) is 3.10. The number of benzene rings is 2. The zero-order chi connectivity index (χ0) is 18.4. The van der Waals surface area contributed by atoms with Crippen LogP contribution in [0.2, 0.25) is 0 Å². The number of piperidine rings is 1. The van der Waals surface area contributed by atoms with Crippen molar-refractivity contribution >= 4 is 22.6 Å². The van der Waals surface area contributed by atoms with Crippen molar-refractivity contribution in [1.29, 1.82) is 0 Å². The monoisotopic (exact) mass is 364 g/mol. The molecule has 2 aromatic carbocycles. The quantitative estimate of drug-likeness (QED) is 0.665. The average molecular weight is 364 g/mol. The second kappa shape index (κ2) is 6.46. The molecule has 138 valence electrons. The number of nitrogens with one attached hydrogen (secondary N) is 3. The first kappa shape index (κ1) is 16.4. The molecule has 1 aliphatic carbocycles. The number of carbonyl (C=O) groups excluding carboxylic acids is 1. The molecule has 3 N–H and O–H groups in total. The van der Waals surface area contributed by atoms with Crippen molar-refractivity contribution in [1.82, 2.24) is 15.3 Å². The smallest absolute Gasteiger partial charge is 0.241 e. The molecule has 3 aromatic rings. The number of aromatic amines is 1. The molecular weight excluding hydrogens is 343 g/mol. The molecule has 6 heteroatoms. The number of fused-ring (bicyclic) bond motifs is 3. The molecule has 2 bridgehead atoms. The molecule has 2 aliphatic rings. The molecule has 0 radical (unpaired) electrons. The maximum absolute atomic E-state index is 13.9. The number of hydrogen-bond donors (Lipinski definition) is 3. The summed E-state index contributed by atoms with van der Waals surface area (Å²) in [5.41, 5.74) is 2.99. The van der Waals surface area contributed by atoms with Crippen molar-refractivity contribution in [3.8, 4) is 0 Å². The molecule has 1 amide bonds. The summed E-state index contributed by atoms with van der Waals surface area (Å²) in [5.74, 6) is 0.962. The van der Waals surface area contributed by atoms with Crippen LogP contribution < -0.4 is 10.6 Å². The highest BCUT2D eigenvalue weighted by molar-refractivity contribution is 5.97. The maximum atomic E-state index is 13.9. The Bertz CT molecular complexity index is 1010. The van der Waals surface area contributed by atoms with Crippen molar-refractivity contribution in [2.24, 2.45) is 5.92 Å². The molecule has 0 unspecified atom stereocenters. The number of imidazole rings is 1. The van der Waals surface area contributed by atoms with E-state index in [-0.39, 0.29) is 17.8 Å². The fourth-order valence-electron chi connectivity index (χ4n) is 4.42. The van der Waals surface area contributed by atoms with Crippen molar-refractivity contribution in [3.05, 3.63) is 59.7 Å². The van der Waals surface area contributed by atoms with Gasteiger partial charge in [-0.2, -0.15) is 0 Å². The molecule has 5 nitrogen and oxygen atoms in total. The molecule has 2 fully saturated rings. The number of aromatic nitrogens is 2. The minimum atomic E-state index is -0.232. The van der Waals surface area contributed by atoms with E-state index in [1.54, 1.807) is 12.1 Å². The lowest BCUT2D eigenvalue weighted by Crippen LogP contribution is -2.44. The fraction of sp³-hybridized carbons (Fsp3) is 0.333. The van der Waals surface area contributed by atoms with Crippen molar-refractivity contribution in [2.45, 2.75) is 37.8 Å². The number of rotatable bonds is 4. The minimum absolute atomic E-state index is 0.0349. The second-order valence-corrected chi connectivity index (χ2v) is 7.59. The van der Waals surface area contributed by atoms with E-state index >= 15 is 0 Å². The number of nitrogens with zero attached hydrogens (tertiary/aromatic N) is 1. The molecule has 0 spiro atoms. The van der Waals surface area contributed by atoms with Crippen LogP contribution in [0.15, 0.2) is 42.5 Å². The highest BCUT2D eigenvalue weighted by atomic mass is 19.1. The minimum Gasteiger partial charge on any atom is -0.342 e. The summed E-state index contributed by atoms with van der Waals surface area (Å²) < 4.78 is 13.9. The average Bonchev–Trinajstić information content (AvgIpc) is 3.38. The van der Waals surface area contributed by atoms with Gasteiger partial charge in [-0.05, 0) is 55.0 Å². The highest BCUT2D eigenvalue weighted by Crippen LogP contribution is 2.35. The zero-order valence-electron chi connectivity index (χ0n) is 14.8. The molecule has 2 heterocycles. The van der Waals surface area contributed by atoms with Gasteiger partial charge >= 0.3 is 0 Å². The predicted octanol–water partition coefficient (Wildman–Crippen LogP) is 3.37. The number of anilines is 1. The van der Waals surface area contributed by atoms with Crippen LogP contribution in [0.4, 0.5) is 10.1 Å². The number of H-pyrrole nitrogens is 1.